The Morgan fingerprint density at radius 1 is 1.08 bits per heavy atom. The van der Waals surface area contributed by atoms with Crippen LogP contribution in [0.2, 0.25) is 0 Å². The summed E-state index contributed by atoms with van der Waals surface area (Å²) in [5.74, 6) is 2.25. The standard InChI is InChI=1S/C20H20N2O3S/c1-12-9-15(18-11-26-20(22-18)21-14(3)23)10-13(2)19(12)25-17-7-5-16(24-4)6-8-17/h5-11H,1-4H3,(H,21,22,23). The van der Waals surface area contributed by atoms with Gasteiger partial charge >= 0.3 is 0 Å². The number of carbonyl (C=O) groups is 1. The van der Waals surface area contributed by atoms with Crippen molar-refractivity contribution < 1.29 is 14.3 Å². The average molecular weight is 368 g/mol. The molecular weight excluding hydrogens is 348 g/mol. The van der Waals surface area contributed by atoms with Crippen LogP contribution in [0.4, 0.5) is 5.13 Å². The summed E-state index contributed by atoms with van der Waals surface area (Å²) in [4.78, 5) is 15.6. The molecule has 0 bridgehead atoms. The Labute approximate surface area is 156 Å². The molecular formula is C20H20N2O3S. The maximum atomic E-state index is 11.2. The second kappa shape index (κ2) is 7.58. The summed E-state index contributed by atoms with van der Waals surface area (Å²) in [5, 5.41) is 5.24. The van der Waals surface area contributed by atoms with Crippen LogP contribution in [0, 0.1) is 13.8 Å². The molecule has 0 atom stereocenters. The lowest BCUT2D eigenvalue weighted by Gasteiger charge is -2.13. The van der Waals surface area contributed by atoms with Gasteiger partial charge in [-0.3, -0.25) is 4.79 Å². The number of nitrogens with one attached hydrogen (secondary N) is 1. The second-order valence-corrected chi connectivity index (χ2v) is 6.79. The van der Waals surface area contributed by atoms with E-state index >= 15 is 0 Å². The van der Waals surface area contributed by atoms with Crippen molar-refractivity contribution in [1.29, 1.82) is 0 Å². The fourth-order valence-electron chi connectivity index (χ4n) is 2.64. The van der Waals surface area contributed by atoms with E-state index in [-0.39, 0.29) is 5.91 Å². The number of benzene rings is 2. The molecule has 0 aliphatic heterocycles. The highest BCUT2D eigenvalue weighted by atomic mass is 32.1. The molecule has 1 heterocycles. The number of hydrogen-bond donors (Lipinski definition) is 1. The van der Waals surface area contributed by atoms with Gasteiger partial charge in [0.15, 0.2) is 5.13 Å². The van der Waals surface area contributed by atoms with E-state index in [1.54, 1.807) is 7.11 Å². The predicted octanol–water partition coefficient (Wildman–Crippen LogP) is 5.19. The Morgan fingerprint density at radius 2 is 1.69 bits per heavy atom. The van der Waals surface area contributed by atoms with Gasteiger partial charge in [0.25, 0.3) is 0 Å². The van der Waals surface area contributed by atoms with Crippen molar-refractivity contribution in [2.45, 2.75) is 20.8 Å². The van der Waals surface area contributed by atoms with Gasteiger partial charge in [0.05, 0.1) is 12.8 Å². The molecule has 0 aliphatic rings. The zero-order chi connectivity index (χ0) is 18.7. The number of aryl methyl sites for hydroxylation is 2. The van der Waals surface area contributed by atoms with Gasteiger partial charge in [-0.15, -0.1) is 11.3 Å². The fraction of sp³-hybridized carbons (Fsp3) is 0.200. The van der Waals surface area contributed by atoms with Crippen LogP contribution in [0.5, 0.6) is 17.2 Å². The van der Waals surface area contributed by atoms with E-state index < -0.39 is 0 Å². The van der Waals surface area contributed by atoms with Crippen LogP contribution in [0.3, 0.4) is 0 Å². The lowest BCUT2D eigenvalue weighted by molar-refractivity contribution is -0.114. The minimum atomic E-state index is -0.124. The molecule has 1 amide bonds. The molecule has 0 saturated carbocycles. The number of methoxy groups -OCH3 is 1. The number of anilines is 1. The van der Waals surface area contributed by atoms with E-state index in [0.717, 1.165) is 39.6 Å². The Kier molecular flexibility index (Phi) is 5.23. The molecule has 0 aliphatic carbocycles. The molecule has 3 rings (SSSR count). The number of thiazole rings is 1. The van der Waals surface area contributed by atoms with Gasteiger partial charge in [0.2, 0.25) is 5.91 Å². The minimum absolute atomic E-state index is 0.124. The number of aromatic nitrogens is 1. The van der Waals surface area contributed by atoms with Crippen molar-refractivity contribution in [3.8, 4) is 28.5 Å². The molecule has 0 unspecified atom stereocenters. The number of nitrogens with zero attached hydrogens (tertiary/aromatic N) is 1. The first-order valence-corrected chi connectivity index (χ1v) is 9.01. The lowest BCUT2D eigenvalue weighted by atomic mass is 10.0. The van der Waals surface area contributed by atoms with Crippen LogP contribution < -0.4 is 14.8 Å². The van der Waals surface area contributed by atoms with Crippen LogP contribution >= 0.6 is 11.3 Å². The van der Waals surface area contributed by atoms with E-state index in [1.807, 2.05) is 55.6 Å². The van der Waals surface area contributed by atoms with Gasteiger partial charge in [-0.2, -0.15) is 0 Å². The lowest BCUT2D eigenvalue weighted by Crippen LogP contribution is -2.04. The Balaban J connectivity index is 1.85. The van der Waals surface area contributed by atoms with Crippen molar-refractivity contribution in [1.82, 2.24) is 4.98 Å². The number of hydrogen-bond acceptors (Lipinski definition) is 5. The van der Waals surface area contributed by atoms with Gasteiger partial charge in [0.1, 0.15) is 17.2 Å². The summed E-state index contributed by atoms with van der Waals surface area (Å²) in [5.41, 5.74) is 3.87. The van der Waals surface area contributed by atoms with Crippen LogP contribution in [-0.2, 0) is 4.79 Å². The van der Waals surface area contributed by atoms with Crippen molar-refractivity contribution in [2.24, 2.45) is 0 Å². The number of rotatable bonds is 5. The second-order valence-electron chi connectivity index (χ2n) is 5.94. The third kappa shape index (κ3) is 4.03. The molecule has 3 aromatic rings. The van der Waals surface area contributed by atoms with Crippen LogP contribution in [0.15, 0.2) is 41.8 Å². The number of amides is 1. The average Bonchev–Trinajstić information content (AvgIpc) is 3.06. The quantitative estimate of drug-likeness (QED) is 0.673. The first kappa shape index (κ1) is 17.9. The molecule has 0 saturated heterocycles. The Hall–Kier alpha value is -2.86. The number of carbonyl (C=O) groups excluding carboxylic acids is 1. The van der Waals surface area contributed by atoms with Gasteiger partial charge in [-0.25, -0.2) is 4.98 Å². The predicted molar refractivity (Wildman–Crippen MR) is 104 cm³/mol. The fourth-order valence-corrected chi connectivity index (χ4v) is 3.40. The third-order valence-electron chi connectivity index (χ3n) is 3.82. The molecule has 0 spiro atoms. The highest BCUT2D eigenvalue weighted by Gasteiger charge is 2.12. The summed E-state index contributed by atoms with van der Waals surface area (Å²) in [6.45, 7) is 5.49. The van der Waals surface area contributed by atoms with E-state index in [2.05, 4.69) is 10.3 Å². The molecule has 2 aromatic carbocycles. The monoisotopic (exact) mass is 368 g/mol. The van der Waals surface area contributed by atoms with Crippen molar-refractivity contribution in [3.63, 3.8) is 0 Å². The van der Waals surface area contributed by atoms with E-state index in [9.17, 15) is 4.79 Å². The molecule has 1 aromatic heterocycles. The van der Waals surface area contributed by atoms with Gasteiger partial charge in [-0.1, -0.05) is 0 Å². The van der Waals surface area contributed by atoms with E-state index in [0.29, 0.717) is 5.13 Å². The summed E-state index contributed by atoms with van der Waals surface area (Å²) in [7, 11) is 1.64. The zero-order valence-electron chi connectivity index (χ0n) is 15.1. The Morgan fingerprint density at radius 3 is 2.27 bits per heavy atom. The van der Waals surface area contributed by atoms with Crippen molar-refractivity contribution in [3.05, 3.63) is 52.9 Å². The summed E-state index contributed by atoms with van der Waals surface area (Å²) in [6.07, 6.45) is 0. The first-order valence-electron chi connectivity index (χ1n) is 8.13. The first-order chi connectivity index (χ1) is 12.5. The molecule has 134 valence electrons. The highest BCUT2D eigenvalue weighted by molar-refractivity contribution is 7.14. The van der Waals surface area contributed by atoms with Gasteiger partial charge < -0.3 is 14.8 Å². The summed E-state index contributed by atoms with van der Waals surface area (Å²) < 4.78 is 11.2. The van der Waals surface area contributed by atoms with E-state index in [1.165, 1.54) is 18.3 Å². The molecule has 0 fully saturated rings. The minimum Gasteiger partial charge on any atom is -0.497 e. The molecule has 26 heavy (non-hydrogen) atoms. The van der Waals surface area contributed by atoms with Gasteiger partial charge in [0, 0.05) is 17.9 Å². The normalized spacial score (nSPS) is 10.5. The molecule has 1 N–H and O–H groups in total. The Bertz CT molecular complexity index is 909. The molecule has 5 nitrogen and oxygen atoms in total. The maximum Gasteiger partial charge on any atom is 0.223 e. The maximum absolute atomic E-state index is 11.2. The summed E-state index contributed by atoms with van der Waals surface area (Å²) >= 11 is 1.41. The van der Waals surface area contributed by atoms with Gasteiger partial charge in [-0.05, 0) is 61.4 Å². The zero-order valence-corrected chi connectivity index (χ0v) is 15.9. The van der Waals surface area contributed by atoms with Crippen LogP contribution in [0.25, 0.3) is 11.3 Å². The third-order valence-corrected chi connectivity index (χ3v) is 4.58. The van der Waals surface area contributed by atoms with Crippen LogP contribution in [0.1, 0.15) is 18.1 Å². The largest absolute Gasteiger partial charge is 0.497 e. The topological polar surface area (TPSA) is 60.5 Å². The smallest absolute Gasteiger partial charge is 0.223 e. The van der Waals surface area contributed by atoms with E-state index in [4.69, 9.17) is 9.47 Å². The summed E-state index contributed by atoms with van der Waals surface area (Å²) in [6, 6.07) is 11.6. The molecule has 6 heteroatoms. The van der Waals surface area contributed by atoms with Crippen molar-refractivity contribution >= 4 is 22.4 Å². The van der Waals surface area contributed by atoms with Crippen molar-refractivity contribution in [2.75, 3.05) is 12.4 Å². The van der Waals surface area contributed by atoms with Crippen LogP contribution in [-0.4, -0.2) is 18.0 Å². The SMILES string of the molecule is COc1ccc(Oc2c(C)cc(-c3csc(NC(C)=O)n3)cc2C)cc1. The number of ether oxygens (including phenoxy) is 2. The highest BCUT2D eigenvalue weighted by Crippen LogP contribution is 2.34. The molecule has 0 radical (unpaired) electrons.